The summed E-state index contributed by atoms with van der Waals surface area (Å²) in [5, 5.41) is 6.85. The van der Waals surface area contributed by atoms with E-state index in [2.05, 4.69) is 116 Å². The number of aromatic amines is 2. The molecule has 4 N–H and O–H groups in total. The van der Waals surface area contributed by atoms with E-state index in [1.807, 2.05) is 31.0 Å². The second kappa shape index (κ2) is 12.1. The van der Waals surface area contributed by atoms with Gasteiger partial charge in [-0.2, -0.15) is 0 Å². The summed E-state index contributed by atoms with van der Waals surface area (Å²) in [6.07, 6.45) is 24.5. The molecule has 0 atom stereocenters. The van der Waals surface area contributed by atoms with Crippen molar-refractivity contribution in [1.29, 1.82) is 0 Å². The Morgan fingerprint density at radius 1 is 0.542 bits per heavy atom. The van der Waals surface area contributed by atoms with Crippen molar-refractivity contribution in [2.75, 3.05) is 19.6 Å². The van der Waals surface area contributed by atoms with E-state index in [0.29, 0.717) is 5.92 Å². The van der Waals surface area contributed by atoms with Crippen molar-refractivity contribution in [3.05, 3.63) is 126 Å². The monoisotopic (exact) mass is 626 g/mol. The van der Waals surface area contributed by atoms with Gasteiger partial charge in [0.15, 0.2) is 0 Å². The molecule has 8 heteroatoms. The van der Waals surface area contributed by atoms with E-state index >= 15 is 0 Å². The van der Waals surface area contributed by atoms with E-state index < -0.39 is 0 Å². The summed E-state index contributed by atoms with van der Waals surface area (Å²) in [5.41, 5.74) is 15.5. The zero-order valence-corrected chi connectivity index (χ0v) is 26.4. The fourth-order valence-corrected chi connectivity index (χ4v) is 7.35. The van der Waals surface area contributed by atoms with Gasteiger partial charge in [-0.1, -0.05) is 6.08 Å². The van der Waals surface area contributed by atoms with Crippen molar-refractivity contribution < 1.29 is 0 Å². The lowest BCUT2D eigenvalue weighted by atomic mass is 9.88. The van der Waals surface area contributed by atoms with Crippen LogP contribution in [0.1, 0.15) is 52.7 Å². The highest BCUT2D eigenvalue weighted by Gasteiger charge is 2.25. The first-order valence-corrected chi connectivity index (χ1v) is 16.6. The SMILES string of the molecule is C1=CC(c2c3nc(c(C4CCNCC4)c4nc(c(-c5ccncc5)c5ccc([nH]5)c(-c5ccncc5)c5ccc2[nH]5)C=C4)C=C3)=CCN1. The molecular formula is C40H34N8. The number of fused-ring (bicyclic) bond motifs is 8. The van der Waals surface area contributed by atoms with Crippen LogP contribution in [0.3, 0.4) is 0 Å². The van der Waals surface area contributed by atoms with Gasteiger partial charge in [-0.25, -0.2) is 9.97 Å². The molecule has 0 aromatic carbocycles. The number of H-pyrrole nitrogens is 2. The molecule has 1 fully saturated rings. The summed E-state index contributed by atoms with van der Waals surface area (Å²) < 4.78 is 0. The lowest BCUT2D eigenvalue weighted by molar-refractivity contribution is 0.458. The molecule has 4 aliphatic heterocycles. The lowest BCUT2D eigenvalue weighted by Gasteiger charge is -2.24. The maximum absolute atomic E-state index is 5.40. The molecule has 4 aliphatic rings. The molecule has 1 saturated heterocycles. The van der Waals surface area contributed by atoms with Crippen LogP contribution in [0.5, 0.6) is 0 Å². The fourth-order valence-electron chi connectivity index (χ4n) is 7.35. The molecule has 0 aliphatic carbocycles. The van der Waals surface area contributed by atoms with Crippen molar-refractivity contribution in [3.63, 3.8) is 0 Å². The number of nitrogens with zero attached hydrogens (tertiary/aromatic N) is 4. The van der Waals surface area contributed by atoms with Crippen LogP contribution in [0, 0.1) is 0 Å². The first kappa shape index (κ1) is 28.4. The molecule has 5 aromatic heterocycles. The second-order valence-electron chi connectivity index (χ2n) is 12.4. The Morgan fingerprint density at radius 3 is 1.65 bits per heavy atom. The Hall–Kier alpha value is -5.86. The second-order valence-corrected chi connectivity index (χ2v) is 12.4. The van der Waals surface area contributed by atoms with Gasteiger partial charge in [-0.15, -0.1) is 0 Å². The molecule has 0 spiro atoms. The molecule has 0 radical (unpaired) electrons. The van der Waals surface area contributed by atoms with Crippen molar-refractivity contribution in [3.8, 4) is 22.3 Å². The molecule has 8 nitrogen and oxygen atoms in total. The third-order valence-corrected chi connectivity index (χ3v) is 9.59. The summed E-state index contributed by atoms with van der Waals surface area (Å²) in [5.74, 6) is 0.355. The fraction of sp³-hybridized carbons (Fsp3) is 0.150. The van der Waals surface area contributed by atoms with Crippen LogP contribution in [0.25, 0.3) is 74.2 Å². The van der Waals surface area contributed by atoms with E-state index in [-0.39, 0.29) is 0 Å². The van der Waals surface area contributed by atoms with E-state index in [0.717, 1.165) is 111 Å². The number of pyridine rings is 2. The van der Waals surface area contributed by atoms with Crippen LogP contribution >= 0.6 is 0 Å². The number of piperidine rings is 1. The highest BCUT2D eigenvalue weighted by Crippen LogP contribution is 2.38. The van der Waals surface area contributed by atoms with Gasteiger partial charge in [0.2, 0.25) is 0 Å². The van der Waals surface area contributed by atoms with Gasteiger partial charge in [-0.3, -0.25) is 9.97 Å². The third kappa shape index (κ3) is 5.07. The van der Waals surface area contributed by atoms with Crippen LogP contribution < -0.4 is 10.6 Å². The zero-order chi connectivity index (χ0) is 31.9. The van der Waals surface area contributed by atoms with Crippen LogP contribution in [-0.4, -0.2) is 49.5 Å². The number of allylic oxidation sites excluding steroid dienone is 2. The molecule has 0 saturated carbocycles. The largest absolute Gasteiger partial charge is 0.387 e. The maximum atomic E-state index is 5.40. The van der Waals surface area contributed by atoms with Gasteiger partial charge < -0.3 is 20.6 Å². The topological polar surface area (TPSA) is 107 Å². The minimum Gasteiger partial charge on any atom is -0.387 e. The van der Waals surface area contributed by atoms with Crippen molar-refractivity contribution in [2.45, 2.75) is 18.8 Å². The first-order chi connectivity index (χ1) is 23.8. The minimum atomic E-state index is 0.355. The van der Waals surface area contributed by atoms with Gasteiger partial charge in [-0.05, 0) is 134 Å². The van der Waals surface area contributed by atoms with E-state index in [1.54, 1.807) is 0 Å². The number of aromatic nitrogens is 6. The van der Waals surface area contributed by atoms with Gasteiger partial charge in [0, 0.05) is 75.7 Å². The lowest BCUT2D eigenvalue weighted by Crippen LogP contribution is -2.27. The third-order valence-electron chi connectivity index (χ3n) is 9.59. The van der Waals surface area contributed by atoms with Gasteiger partial charge >= 0.3 is 0 Å². The Morgan fingerprint density at radius 2 is 1.06 bits per heavy atom. The standard InChI is InChI=1S/C40H34N8/c1-2-30-38(26-11-19-42-20-12-26)32-5-6-34(47-32)40(28-15-23-44-24-16-28)36-8-7-35(48-36)39(27-13-21-43-22-14-27)33-4-3-31(46-33)37(29(1)45-30)25-9-17-41-18-10-25/h1-14,17-21,28,43-46H,15-16,22-24H2. The molecule has 9 rings (SSSR count). The van der Waals surface area contributed by atoms with Gasteiger partial charge in [0.05, 0.1) is 22.8 Å². The van der Waals surface area contributed by atoms with Crippen molar-refractivity contribution in [2.24, 2.45) is 0 Å². The van der Waals surface area contributed by atoms with Crippen molar-refractivity contribution in [1.82, 2.24) is 40.5 Å². The van der Waals surface area contributed by atoms with Crippen LogP contribution in [-0.2, 0) is 0 Å². The molecule has 5 aromatic rings. The Kier molecular flexibility index (Phi) is 7.13. The Labute approximate surface area is 278 Å². The number of rotatable bonds is 4. The van der Waals surface area contributed by atoms with E-state index in [4.69, 9.17) is 9.97 Å². The van der Waals surface area contributed by atoms with E-state index in [1.165, 1.54) is 5.56 Å². The summed E-state index contributed by atoms with van der Waals surface area (Å²) in [6.45, 7) is 2.73. The molecule has 234 valence electrons. The van der Waals surface area contributed by atoms with Crippen LogP contribution in [0.15, 0.2) is 91.7 Å². The van der Waals surface area contributed by atoms with E-state index in [9.17, 15) is 0 Å². The predicted molar refractivity (Wildman–Crippen MR) is 195 cm³/mol. The molecule has 9 heterocycles. The first-order valence-electron chi connectivity index (χ1n) is 16.6. The minimum absolute atomic E-state index is 0.355. The maximum Gasteiger partial charge on any atom is 0.0737 e. The summed E-state index contributed by atoms with van der Waals surface area (Å²) in [7, 11) is 0. The number of hydrogen-bond donors (Lipinski definition) is 4. The molecule has 48 heavy (non-hydrogen) atoms. The molecular weight excluding hydrogens is 592 g/mol. The average molecular weight is 627 g/mol. The summed E-state index contributed by atoms with van der Waals surface area (Å²) in [6, 6.07) is 16.9. The quantitative estimate of drug-likeness (QED) is 0.159. The average Bonchev–Trinajstić information content (AvgIpc) is 3.98. The summed E-state index contributed by atoms with van der Waals surface area (Å²) >= 11 is 0. The van der Waals surface area contributed by atoms with Crippen molar-refractivity contribution >= 4 is 51.9 Å². The van der Waals surface area contributed by atoms with Gasteiger partial charge in [0.25, 0.3) is 0 Å². The normalized spacial score (nSPS) is 15.8. The highest BCUT2D eigenvalue weighted by atomic mass is 14.9. The zero-order valence-electron chi connectivity index (χ0n) is 26.4. The smallest absolute Gasteiger partial charge is 0.0737 e. The molecule has 0 amide bonds. The Bertz CT molecular complexity index is 2320. The summed E-state index contributed by atoms with van der Waals surface area (Å²) in [4.78, 5) is 27.0. The highest BCUT2D eigenvalue weighted by molar-refractivity contribution is 5.98. The number of nitrogens with one attached hydrogen (secondary N) is 4. The molecule has 0 unspecified atom stereocenters. The van der Waals surface area contributed by atoms with Gasteiger partial charge in [0.1, 0.15) is 0 Å². The van der Waals surface area contributed by atoms with Crippen LogP contribution in [0.2, 0.25) is 0 Å². The Balaban J connectivity index is 1.45. The van der Waals surface area contributed by atoms with Crippen LogP contribution in [0.4, 0.5) is 0 Å². The predicted octanol–water partition coefficient (Wildman–Crippen LogP) is 7.75. The number of dihydropyridines is 1. The molecule has 8 bridgehead atoms. The number of hydrogen-bond acceptors (Lipinski definition) is 6.